The summed E-state index contributed by atoms with van der Waals surface area (Å²) in [5.41, 5.74) is 2.20. The fraction of sp³-hybridized carbons (Fsp3) is 0.467. The number of benzene rings is 1. The zero-order valence-electron chi connectivity index (χ0n) is 12.2. The van der Waals surface area contributed by atoms with E-state index in [4.69, 9.17) is 4.74 Å². The normalized spacial score (nSPS) is 14.4. The molecule has 1 aromatic carbocycles. The molecule has 0 spiro atoms. The Morgan fingerprint density at radius 1 is 1.48 bits per heavy atom. The summed E-state index contributed by atoms with van der Waals surface area (Å²) in [6.45, 7) is 5.10. The van der Waals surface area contributed by atoms with E-state index in [-0.39, 0.29) is 5.69 Å². The van der Waals surface area contributed by atoms with E-state index in [2.05, 4.69) is 16.7 Å². The quantitative estimate of drug-likeness (QED) is 0.459. The fourth-order valence-electron chi connectivity index (χ4n) is 2.15. The average molecular weight is 291 g/mol. The van der Waals surface area contributed by atoms with Gasteiger partial charge in [-0.05, 0) is 25.5 Å². The van der Waals surface area contributed by atoms with Crippen LogP contribution in [0.1, 0.15) is 19.8 Å². The summed E-state index contributed by atoms with van der Waals surface area (Å²) in [6.07, 6.45) is 4.02. The molecule has 2 rings (SSSR count). The van der Waals surface area contributed by atoms with Crippen molar-refractivity contribution in [1.29, 1.82) is 0 Å². The van der Waals surface area contributed by atoms with Gasteiger partial charge >= 0.3 is 5.69 Å². The molecule has 1 heterocycles. The summed E-state index contributed by atoms with van der Waals surface area (Å²) in [5, 5.41) is 17.6. The van der Waals surface area contributed by atoms with Crippen LogP contribution in [0.15, 0.2) is 29.8 Å². The van der Waals surface area contributed by atoms with Gasteiger partial charge in [0.25, 0.3) is 0 Å². The van der Waals surface area contributed by atoms with Gasteiger partial charge in [-0.25, -0.2) is 0 Å². The summed E-state index contributed by atoms with van der Waals surface area (Å²) in [5.74, 6) is 0.325. The van der Waals surface area contributed by atoms with Gasteiger partial charge in [-0.2, -0.15) is 0 Å². The number of nitro groups is 1. The Kier molecular flexibility index (Phi) is 5.57. The molecule has 0 saturated carbocycles. The van der Waals surface area contributed by atoms with Crippen molar-refractivity contribution < 1.29 is 9.66 Å². The molecule has 0 fully saturated rings. The zero-order valence-corrected chi connectivity index (χ0v) is 12.2. The minimum Gasteiger partial charge on any atom is -0.487 e. The number of nitro benzene ring substituents is 1. The maximum absolute atomic E-state index is 11.0. The predicted octanol–water partition coefficient (Wildman–Crippen LogP) is 2.72. The van der Waals surface area contributed by atoms with Crippen molar-refractivity contribution >= 4 is 11.4 Å². The van der Waals surface area contributed by atoms with Gasteiger partial charge in [0.05, 0.1) is 11.5 Å². The molecule has 6 heteroatoms. The SMILES string of the molecule is CCCOc1cc(NCC2=CCNCC2)ccc1[N+](=O)[O-]. The largest absolute Gasteiger partial charge is 0.487 e. The van der Waals surface area contributed by atoms with Crippen molar-refractivity contribution in [2.45, 2.75) is 19.8 Å². The Balaban J connectivity index is 2.05. The lowest BCUT2D eigenvalue weighted by Gasteiger charge is -2.15. The molecule has 0 saturated heterocycles. The molecule has 0 bridgehead atoms. The van der Waals surface area contributed by atoms with Gasteiger partial charge in [-0.3, -0.25) is 10.1 Å². The Hall–Kier alpha value is -2.08. The number of nitrogens with one attached hydrogen (secondary N) is 2. The van der Waals surface area contributed by atoms with E-state index >= 15 is 0 Å². The van der Waals surface area contributed by atoms with Crippen molar-refractivity contribution in [3.63, 3.8) is 0 Å². The van der Waals surface area contributed by atoms with Crippen molar-refractivity contribution in [2.75, 3.05) is 31.6 Å². The van der Waals surface area contributed by atoms with Crippen LogP contribution in [-0.2, 0) is 0 Å². The van der Waals surface area contributed by atoms with Crippen LogP contribution in [0.3, 0.4) is 0 Å². The van der Waals surface area contributed by atoms with Crippen LogP contribution in [0.4, 0.5) is 11.4 Å². The van der Waals surface area contributed by atoms with Crippen LogP contribution in [0.2, 0.25) is 0 Å². The minimum absolute atomic E-state index is 0.00934. The molecule has 1 aromatic rings. The molecule has 1 aliphatic rings. The monoisotopic (exact) mass is 291 g/mol. The molecular formula is C15H21N3O3. The smallest absolute Gasteiger partial charge is 0.311 e. The lowest BCUT2D eigenvalue weighted by atomic mass is 10.1. The van der Waals surface area contributed by atoms with Crippen molar-refractivity contribution in [3.05, 3.63) is 40.0 Å². The second kappa shape index (κ2) is 7.64. The van der Waals surface area contributed by atoms with E-state index in [9.17, 15) is 10.1 Å². The number of nitrogens with zero attached hydrogens (tertiary/aromatic N) is 1. The molecule has 1 aliphatic heterocycles. The maximum atomic E-state index is 11.0. The first-order valence-corrected chi connectivity index (χ1v) is 7.24. The topological polar surface area (TPSA) is 76.4 Å². The highest BCUT2D eigenvalue weighted by atomic mass is 16.6. The number of rotatable bonds is 7. The summed E-state index contributed by atoms with van der Waals surface area (Å²) in [4.78, 5) is 10.6. The van der Waals surface area contributed by atoms with E-state index in [0.29, 0.717) is 12.4 Å². The van der Waals surface area contributed by atoms with Gasteiger partial charge in [0.15, 0.2) is 5.75 Å². The van der Waals surface area contributed by atoms with Gasteiger partial charge in [-0.15, -0.1) is 0 Å². The lowest BCUT2D eigenvalue weighted by molar-refractivity contribution is -0.385. The van der Waals surface area contributed by atoms with Crippen LogP contribution >= 0.6 is 0 Å². The van der Waals surface area contributed by atoms with Gasteiger partial charge in [0, 0.05) is 30.9 Å². The van der Waals surface area contributed by atoms with Gasteiger partial charge in [0.2, 0.25) is 0 Å². The van der Waals surface area contributed by atoms with Crippen LogP contribution in [0.25, 0.3) is 0 Å². The minimum atomic E-state index is -0.413. The second-order valence-electron chi connectivity index (χ2n) is 4.96. The molecule has 0 unspecified atom stereocenters. The molecule has 0 atom stereocenters. The van der Waals surface area contributed by atoms with E-state index in [1.807, 2.05) is 6.92 Å². The summed E-state index contributed by atoms with van der Waals surface area (Å²) < 4.78 is 5.47. The molecule has 0 aliphatic carbocycles. The van der Waals surface area contributed by atoms with E-state index in [0.717, 1.165) is 38.2 Å². The fourth-order valence-corrected chi connectivity index (χ4v) is 2.15. The molecule has 2 N–H and O–H groups in total. The van der Waals surface area contributed by atoms with Crippen LogP contribution < -0.4 is 15.4 Å². The Labute approximate surface area is 124 Å². The van der Waals surface area contributed by atoms with Gasteiger partial charge in [0.1, 0.15) is 0 Å². The zero-order chi connectivity index (χ0) is 15.1. The first kappa shape index (κ1) is 15.3. The van der Waals surface area contributed by atoms with Gasteiger partial charge < -0.3 is 15.4 Å². The van der Waals surface area contributed by atoms with E-state index < -0.39 is 4.92 Å². The Morgan fingerprint density at radius 2 is 2.33 bits per heavy atom. The molecule has 114 valence electrons. The third-order valence-electron chi connectivity index (χ3n) is 3.30. The highest BCUT2D eigenvalue weighted by molar-refractivity contribution is 5.58. The molecule has 21 heavy (non-hydrogen) atoms. The van der Waals surface area contributed by atoms with E-state index in [1.165, 1.54) is 11.6 Å². The highest BCUT2D eigenvalue weighted by Gasteiger charge is 2.15. The van der Waals surface area contributed by atoms with Crippen molar-refractivity contribution in [1.82, 2.24) is 5.32 Å². The van der Waals surface area contributed by atoms with Crippen LogP contribution in [0, 0.1) is 10.1 Å². The summed E-state index contributed by atoms with van der Waals surface area (Å²) in [7, 11) is 0. The predicted molar refractivity (Wildman–Crippen MR) is 82.9 cm³/mol. The first-order valence-electron chi connectivity index (χ1n) is 7.24. The Bertz CT molecular complexity index is 529. The number of anilines is 1. The average Bonchev–Trinajstić information content (AvgIpc) is 2.51. The van der Waals surface area contributed by atoms with Crippen molar-refractivity contribution in [2.24, 2.45) is 0 Å². The maximum Gasteiger partial charge on any atom is 0.311 e. The lowest BCUT2D eigenvalue weighted by Crippen LogP contribution is -2.23. The first-order chi connectivity index (χ1) is 10.2. The number of hydrogen-bond donors (Lipinski definition) is 2. The summed E-state index contributed by atoms with van der Waals surface area (Å²) >= 11 is 0. The third-order valence-corrected chi connectivity index (χ3v) is 3.30. The third kappa shape index (κ3) is 4.46. The summed E-state index contributed by atoms with van der Waals surface area (Å²) in [6, 6.07) is 4.91. The number of hydrogen-bond acceptors (Lipinski definition) is 5. The molecular weight excluding hydrogens is 270 g/mol. The highest BCUT2D eigenvalue weighted by Crippen LogP contribution is 2.30. The van der Waals surface area contributed by atoms with Gasteiger partial charge in [-0.1, -0.05) is 18.6 Å². The molecule has 6 nitrogen and oxygen atoms in total. The van der Waals surface area contributed by atoms with Crippen molar-refractivity contribution in [3.8, 4) is 5.75 Å². The second-order valence-corrected chi connectivity index (χ2v) is 4.96. The standard InChI is InChI=1S/C15H21N3O3/c1-2-9-21-15-10-13(3-4-14(15)18(19)20)17-11-12-5-7-16-8-6-12/h3-5,10,16-17H,2,6-9,11H2,1H3. The molecule has 0 radical (unpaired) electrons. The Morgan fingerprint density at radius 3 is 3.00 bits per heavy atom. The molecule has 0 aromatic heterocycles. The molecule has 0 amide bonds. The van der Waals surface area contributed by atoms with Crippen LogP contribution in [0.5, 0.6) is 5.75 Å². The number of ether oxygens (including phenoxy) is 1. The van der Waals surface area contributed by atoms with Crippen LogP contribution in [-0.4, -0.2) is 31.2 Å². The van der Waals surface area contributed by atoms with E-state index in [1.54, 1.807) is 12.1 Å².